The highest BCUT2D eigenvalue weighted by atomic mass is 35.5. The smallest absolute Gasteiger partial charge is 0.295 e. The average Bonchev–Trinajstić information content (AvgIpc) is 3.17. The topological polar surface area (TPSA) is 107 Å². The van der Waals surface area contributed by atoms with Gasteiger partial charge in [0.15, 0.2) is 11.5 Å². The number of nitrogens with zero attached hydrogens (tertiary/aromatic N) is 2. The Hall–Kier alpha value is -4.24. The fourth-order valence-electron chi connectivity index (χ4n) is 4.30. The number of amides is 1. The first-order chi connectivity index (χ1) is 17.8. The number of rotatable bonds is 8. The van der Waals surface area contributed by atoms with Gasteiger partial charge in [-0.25, -0.2) is 0 Å². The number of halogens is 1. The molecule has 1 aliphatic rings. The van der Waals surface area contributed by atoms with Gasteiger partial charge in [-0.15, -0.1) is 0 Å². The molecule has 0 bridgehead atoms. The molecule has 1 amide bonds. The number of ketones is 1. The predicted molar refractivity (Wildman–Crippen MR) is 136 cm³/mol. The van der Waals surface area contributed by atoms with Crippen molar-refractivity contribution in [3.05, 3.63) is 82.1 Å². The summed E-state index contributed by atoms with van der Waals surface area (Å²) in [5.41, 5.74) is 1.16. The summed E-state index contributed by atoms with van der Waals surface area (Å²) in [6.07, 6.45) is 3.21. The Morgan fingerprint density at radius 1 is 1.00 bits per heavy atom. The van der Waals surface area contributed by atoms with Crippen LogP contribution < -0.4 is 18.9 Å². The number of hydrogen-bond acceptors (Lipinski definition) is 8. The highest BCUT2D eigenvalue weighted by Gasteiger charge is 2.47. The van der Waals surface area contributed by atoms with Gasteiger partial charge in [-0.3, -0.25) is 14.6 Å². The second-order valence-corrected chi connectivity index (χ2v) is 8.50. The van der Waals surface area contributed by atoms with Gasteiger partial charge in [0.25, 0.3) is 11.7 Å². The Morgan fingerprint density at radius 3 is 2.27 bits per heavy atom. The Morgan fingerprint density at radius 2 is 1.70 bits per heavy atom. The lowest BCUT2D eigenvalue weighted by atomic mass is 9.94. The van der Waals surface area contributed by atoms with Crippen LogP contribution in [0, 0.1) is 0 Å². The molecular formula is C27H25ClN2O7. The summed E-state index contributed by atoms with van der Waals surface area (Å²) in [5, 5.41) is 11.6. The van der Waals surface area contributed by atoms with Crippen molar-refractivity contribution in [2.75, 3.05) is 28.4 Å². The first kappa shape index (κ1) is 25.8. The molecule has 0 aliphatic carbocycles. The monoisotopic (exact) mass is 524 g/mol. The van der Waals surface area contributed by atoms with Crippen molar-refractivity contribution >= 4 is 29.1 Å². The van der Waals surface area contributed by atoms with Crippen LogP contribution in [0.5, 0.6) is 23.0 Å². The lowest BCUT2D eigenvalue weighted by Crippen LogP contribution is -2.29. The third kappa shape index (κ3) is 4.77. The summed E-state index contributed by atoms with van der Waals surface area (Å²) in [6.45, 7) is 0.0579. The molecule has 9 nitrogen and oxygen atoms in total. The van der Waals surface area contributed by atoms with E-state index in [-0.39, 0.29) is 22.7 Å². The zero-order valence-electron chi connectivity index (χ0n) is 20.6. The molecule has 10 heteroatoms. The fraction of sp³-hybridized carbons (Fsp3) is 0.222. The third-order valence-electron chi connectivity index (χ3n) is 6.05. The molecule has 0 radical (unpaired) electrons. The van der Waals surface area contributed by atoms with E-state index in [1.165, 1.54) is 45.5 Å². The largest absolute Gasteiger partial charge is 0.507 e. The number of carbonyl (C=O) groups excluding carboxylic acids is 2. The van der Waals surface area contributed by atoms with Crippen molar-refractivity contribution in [1.29, 1.82) is 0 Å². The highest BCUT2D eigenvalue weighted by molar-refractivity contribution is 6.47. The fourth-order valence-corrected chi connectivity index (χ4v) is 4.50. The zero-order chi connectivity index (χ0) is 26.7. The number of aromatic nitrogens is 1. The minimum atomic E-state index is -1.00. The van der Waals surface area contributed by atoms with Gasteiger partial charge in [-0.1, -0.05) is 17.7 Å². The van der Waals surface area contributed by atoms with E-state index in [9.17, 15) is 14.7 Å². The van der Waals surface area contributed by atoms with E-state index >= 15 is 0 Å². The molecule has 1 aliphatic heterocycles. The normalized spacial score (nSPS) is 16.6. The summed E-state index contributed by atoms with van der Waals surface area (Å²) in [5.74, 6) is -0.683. The lowest BCUT2D eigenvalue weighted by Gasteiger charge is -2.26. The highest BCUT2D eigenvalue weighted by Crippen LogP contribution is 2.46. The summed E-state index contributed by atoms with van der Waals surface area (Å²) in [6, 6.07) is 10.4. The van der Waals surface area contributed by atoms with Gasteiger partial charge in [0.05, 0.1) is 45.1 Å². The SMILES string of the molecule is COc1ccc(Cl)c(/C(O)=C2\C(=O)C(=O)N(Cc3cccnc3)C2c2cc(OC)c(OC)c(OC)c2)c1. The number of pyridine rings is 1. The molecule has 0 spiro atoms. The molecule has 1 aromatic heterocycles. The molecule has 1 N–H and O–H groups in total. The van der Waals surface area contributed by atoms with E-state index in [0.29, 0.717) is 34.1 Å². The van der Waals surface area contributed by atoms with Crippen molar-refractivity contribution in [2.24, 2.45) is 0 Å². The van der Waals surface area contributed by atoms with E-state index in [1.807, 2.05) is 0 Å². The Balaban J connectivity index is 1.98. The maximum Gasteiger partial charge on any atom is 0.295 e. The zero-order valence-corrected chi connectivity index (χ0v) is 21.4. The molecule has 3 aromatic rings. The Labute approximate surface area is 218 Å². The van der Waals surface area contributed by atoms with Gasteiger partial charge >= 0.3 is 0 Å². The van der Waals surface area contributed by atoms with Crippen LogP contribution in [0.1, 0.15) is 22.7 Å². The standard InChI is InChI=1S/C27H25ClN2O7/c1-34-17-7-8-19(28)18(12-17)24(31)22-23(16-10-20(35-2)26(37-4)21(11-16)36-3)30(27(33)25(22)32)14-15-6-5-9-29-13-15/h5-13,23,31H,14H2,1-4H3/b24-22+. The number of methoxy groups -OCH3 is 4. The molecule has 1 saturated heterocycles. The Kier molecular flexibility index (Phi) is 7.54. The first-order valence-corrected chi connectivity index (χ1v) is 11.5. The van der Waals surface area contributed by atoms with Crippen molar-refractivity contribution in [2.45, 2.75) is 12.6 Å². The lowest BCUT2D eigenvalue weighted by molar-refractivity contribution is -0.140. The number of carbonyl (C=O) groups is 2. The number of aliphatic hydroxyl groups excluding tert-OH is 1. The van der Waals surface area contributed by atoms with E-state index in [2.05, 4.69) is 4.98 Å². The van der Waals surface area contributed by atoms with Crippen LogP contribution in [-0.2, 0) is 16.1 Å². The first-order valence-electron chi connectivity index (χ1n) is 11.2. The average molecular weight is 525 g/mol. The van der Waals surface area contributed by atoms with Crippen LogP contribution in [0.3, 0.4) is 0 Å². The van der Waals surface area contributed by atoms with Gasteiger partial charge in [-0.2, -0.15) is 0 Å². The molecule has 37 heavy (non-hydrogen) atoms. The van der Waals surface area contributed by atoms with Gasteiger partial charge in [0.2, 0.25) is 5.75 Å². The molecule has 1 fully saturated rings. The minimum Gasteiger partial charge on any atom is -0.507 e. The molecule has 192 valence electrons. The van der Waals surface area contributed by atoms with Crippen molar-refractivity contribution < 1.29 is 33.6 Å². The van der Waals surface area contributed by atoms with Crippen molar-refractivity contribution in [3.63, 3.8) is 0 Å². The van der Waals surface area contributed by atoms with Gasteiger partial charge < -0.3 is 29.0 Å². The summed E-state index contributed by atoms with van der Waals surface area (Å²) >= 11 is 6.38. The number of likely N-dealkylation sites (tertiary alicyclic amines) is 1. The van der Waals surface area contributed by atoms with Gasteiger partial charge in [-0.05, 0) is 47.5 Å². The Bertz CT molecular complexity index is 1350. The molecule has 1 atom stereocenters. The van der Waals surface area contributed by atoms with E-state index in [0.717, 1.165) is 0 Å². The number of Topliss-reactive ketones (excluding diaryl/α,β-unsaturated/α-hetero) is 1. The van der Waals surface area contributed by atoms with Crippen LogP contribution >= 0.6 is 11.6 Å². The minimum absolute atomic E-state index is 0.0579. The van der Waals surface area contributed by atoms with Crippen molar-refractivity contribution in [1.82, 2.24) is 9.88 Å². The quantitative estimate of drug-likeness (QED) is 0.262. The van der Waals surface area contributed by atoms with Crippen molar-refractivity contribution in [3.8, 4) is 23.0 Å². The molecule has 2 heterocycles. The molecular weight excluding hydrogens is 500 g/mol. The molecule has 2 aromatic carbocycles. The number of benzene rings is 2. The van der Waals surface area contributed by atoms with Crippen LogP contribution in [0.2, 0.25) is 5.02 Å². The van der Waals surface area contributed by atoms with Crippen LogP contribution in [0.15, 0.2) is 60.4 Å². The third-order valence-corrected chi connectivity index (χ3v) is 6.38. The van der Waals surface area contributed by atoms with E-state index < -0.39 is 23.5 Å². The summed E-state index contributed by atoms with van der Waals surface area (Å²) in [4.78, 5) is 32.2. The molecule has 1 unspecified atom stereocenters. The maximum absolute atomic E-state index is 13.4. The van der Waals surface area contributed by atoms with Crippen LogP contribution in [0.25, 0.3) is 5.76 Å². The second kappa shape index (κ2) is 10.8. The van der Waals surface area contributed by atoms with Gasteiger partial charge in [0.1, 0.15) is 11.5 Å². The second-order valence-electron chi connectivity index (χ2n) is 8.09. The van der Waals surface area contributed by atoms with E-state index in [4.69, 9.17) is 30.5 Å². The number of ether oxygens (including phenoxy) is 4. The molecule has 0 saturated carbocycles. The maximum atomic E-state index is 13.4. The van der Waals surface area contributed by atoms with Crippen LogP contribution in [-0.4, -0.2) is 55.1 Å². The van der Waals surface area contributed by atoms with Gasteiger partial charge in [0, 0.05) is 24.5 Å². The predicted octanol–water partition coefficient (Wildman–Crippen LogP) is 4.39. The number of aliphatic hydroxyl groups is 1. The van der Waals surface area contributed by atoms with E-state index in [1.54, 1.807) is 42.7 Å². The molecule has 4 rings (SSSR count). The number of hydrogen-bond donors (Lipinski definition) is 1. The van der Waals surface area contributed by atoms with Crippen LogP contribution in [0.4, 0.5) is 0 Å². The summed E-state index contributed by atoms with van der Waals surface area (Å²) < 4.78 is 21.7. The summed E-state index contributed by atoms with van der Waals surface area (Å²) in [7, 11) is 5.86.